The molecule has 2 unspecified atom stereocenters. The fourth-order valence-electron chi connectivity index (χ4n) is 3.44. The molecule has 1 amide bonds. The maximum absolute atomic E-state index is 12.1. The minimum absolute atomic E-state index is 0.238. The van der Waals surface area contributed by atoms with Gasteiger partial charge in [-0.2, -0.15) is 0 Å². The molecular formula is C17H23NO3. The van der Waals surface area contributed by atoms with Gasteiger partial charge in [-0.3, -0.25) is 4.79 Å². The summed E-state index contributed by atoms with van der Waals surface area (Å²) in [6.07, 6.45) is 3.99. The van der Waals surface area contributed by atoms with Crippen LogP contribution in [0.5, 0.6) is 5.75 Å². The Kier molecular flexibility index (Phi) is 4.15. The molecule has 21 heavy (non-hydrogen) atoms. The fraction of sp³-hybridized carbons (Fsp3) is 0.588. The van der Waals surface area contributed by atoms with Crippen molar-refractivity contribution in [1.29, 1.82) is 0 Å². The Hall–Kier alpha value is -1.55. The predicted octanol–water partition coefficient (Wildman–Crippen LogP) is 2.96. The third-order valence-electron chi connectivity index (χ3n) is 4.75. The number of carbonyl (C=O) groups excluding carboxylic acids is 1. The largest absolute Gasteiger partial charge is 0.485 e. The Labute approximate surface area is 125 Å². The zero-order chi connectivity index (χ0) is 14.8. The van der Waals surface area contributed by atoms with E-state index in [9.17, 15) is 9.90 Å². The van der Waals surface area contributed by atoms with Gasteiger partial charge in [0.25, 0.3) is 5.91 Å². The lowest BCUT2D eigenvalue weighted by Gasteiger charge is -2.28. The van der Waals surface area contributed by atoms with Crippen LogP contribution >= 0.6 is 0 Å². The molecule has 2 aliphatic rings. The average molecular weight is 289 g/mol. The molecule has 1 fully saturated rings. The number of fused-ring (bicyclic) bond motifs is 1. The molecule has 4 atom stereocenters. The summed E-state index contributed by atoms with van der Waals surface area (Å²) in [5, 5.41) is 13.1. The van der Waals surface area contributed by atoms with Crippen molar-refractivity contribution in [2.45, 2.75) is 51.2 Å². The number of nitrogens with one attached hydrogen (secondary N) is 1. The maximum Gasteiger partial charge on any atom is 0.257 e. The van der Waals surface area contributed by atoms with Gasteiger partial charge in [0, 0.05) is 0 Å². The second-order valence-corrected chi connectivity index (χ2v) is 6.39. The minimum Gasteiger partial charge on any atom is -0.485 e. The summed E-state index contributed by atoms with van der Waals surface area (Å²) >= 11 is 0. The van der Waals surface area contributed by atoms with E-state index < -0.39 is 12.2 Å². The number of carbonyl (C=O) groups is 1. The first-order valence-corrected chi connectivity index (χ1v) is 7.90. The van der Waals surface area contributed by atoms with Crippen molar-refractivity contribution in [3.63, 3.8) is 0 Å². The van der Waals surface area contributed by atoms with Crippen molar-refractivity contribution in [1.82, 2.24) is 0 Å². The Morgan fingerprint density at radius 2 is 2.00 bits per heavy atom. The van der Waals surface area contributed by atoms with Gasteiger partial charge in [-0.15, -0.1) is 0 Å². The molecule has 1 heterocycles. The molecule has 1 aromatic carbocycles. The normalized spacial score (nSPS) is 33.1. The van der Waals surface area contributed by atoms with Gasteiger partial charge < -0.3 is 15.2 Å². The van der Waals surface area contributed by atoms with E-state index in [1.165, 1.54) is 6.42 Å². The lowest BCUT2D eigenvalue weighted by atomic mass is 9.90. The SMILES string of the molecule is CC1CCCC([C@H]2Oc3ccccc3NC(=O)[C@@H]2O)CC1. The third-order valence-corrected chi connectivity index (χ3v) is 4.75. The second-order valence-electron chi connectivity index (χ2n) is 6.39. The quantitative estimate of drug-likeness (QED) is 0.781. The van der Waals surface area contributed by atoms with Crippen molar-refractivity contribution in [2.75, 3.05) is 5.32 Å². The number of hydrogen-bond acceptors (Lipinski definition) is 3. The lowest BCUT2D eigenvalue weighted by molar-refractivity contribution is -0.130. The highest BCUT2D eigenvalue weighted by Crippen LogP contribution is 2.36. The van der Waals surface area contributed by atoms with Crippen molar-refractivity contribution in [3.8, 4) is 5.75 Å². The summed E-state index contributed by atoms with van der Waals surface area (Å²) in [6, 6.07) is 7.38. The monoisotopic (exact) mass is 289 g/mol. The van der Waals surface area contributed by atoms with Crippen molar-refractivity contribution < 1.29 is 14.6 Å². The van der Waals surface area contributed by atoms with Crippen molar-refractivity contribution in [3.05, 3.63) is 24.3 Å². The summed E-state index contributed by atoms with van der Waals surface area (Å²) in [5.41, 5.74) is 0.644. The first kappa shape index (κ1) is 14.4. The predicted molar refractivity (Wildman–Crippen MR) is 81.2 cm³/mol. The molecule has 0 aromatic heterocycles. The molecule has 1 aliphatic heterocycles. The number of para-hydroxylation sites is 2. The number of rotatable bonds is 1. The maximum atomic E-state index is 12.1. The standard InChI is InChI=1S/C17H23NO3/c1-11-5-4-6-12(10-9-11)16-15(19)17(20)18-13-7-2-3-8-14(13)21-16/h2-3,7-8,11-12,15-16,19H,4-6,9-10H2,1H3,(H,18,20)/t11?,12?,15-,16-/m1/s1. The summed E-state index contributed by atoms with van der Waals surface area (Å²) in [7, 11) is 0. The Morgan fingerprint density at radius 3 is 2.86 bits per heavy atom. The van der Waals surface area contributed by atoms with Gasteiger partial charge in [-0.25, -0.2) is 0 Å². The highest BCUT2D eigenvalue weighted by molar-refractivity contribution is 5.96. The molecular weight excluding hydrogens is 266 g/mol. The molecule has 0 spiro atoms. The number of anilines is 1. The molecule has 114 valence electrons. The van der Waals surface area contributed by atoms with Crippen LogP contribution in [0.25, 0.3) is 0 Å². The molecule has 0 bridgehead atoms. The van der Waals surface area contributed by atoms with Crippen LogP contribution in [0.3, 0.4) is 0 Å². The van der Waals surface area contributed by atoms with Crippen LogP contribution in [0.15, 0.2) is 24.3 Å². The molecule has 3 rings (SSSR count). The van der Waals surface area contributed by atoms with Gasteiger partial charge in [0.2, 0.25) is 0 Å². The van der Waals surface area contributed by atoms with Crippen molar-refractivity contribution in [2.24, 2.45) is 11.8 Å². The minimum atomic E-state index is -1.10. The zero-order valence-electron chi connectivity index (χ0n) is 12.4. The molecule has 1 aliphatic carbocycles. The fourth-order valence-corrected chi connectivity index (χ4v) is 3.44. The summed E-state index contributed by atoms with van der Waals surface area (Å²) in [6.45, 7) is 2.27. The van der Waals surface area contributed by atoms with Crippen LogP contribution in [0.1, 0.15) is 39.0 Å². The van der Waals surface area contributed by atoms with Crippen LogP contribution in [0.4, 0.5) is 5.69 Å². The van der Waals surface area contributed by atoms with Crippen molar-refractivity contribution >= 4 is 11.6 Å². The van der Waals surface area contributed by atoms with Gasteiger partial charge in [0.15, 0.2) is 6.10 Å². The molecule has 1 saturated carbocycles. The van der Waals surface area contributed by atoms with Crippen LogP contribution in [0, 0.1) is 11.8 Å². The lowest BCUT2D eigenvalue weighted by Crippen LogP contribution is -2.44. The second kappa shape index (κ2) is 6.06. The highest BCUT2D eigenvalue weighted by Gasteiger charge is 2.38. The smallest absolute Gasteiger partial charge is 0.257 e. The van der Waals surface area contributed by atoms with Gasteiger partial charge in [-0.1, -0.05) is 38.3 Å². The third kappa shape index (κ3) is 3.05. The Balaban J connectivity index is 1.84. The number of aliphatic hydroxyl groups is 1. The summed E-state index contributed by atoms with van der Waals surface area (Å²) in [4.78, 5) is 12.1. The van der Waals surface area contributed by atoms with E-state index in [0.29, 0.717) is 11.4 Å². The number of ether oxygens (including phenoxy) is 1. The molecule has 2 N–H and O–H groups in total. The van der Waals surface area contributed by atoms with Gasteiger partial charge in [0.1, 0.15) is 11.9 Å². The van der Waals surface area contributed by atoms with Crippen LogP contribution in [-0.2, 0) is 4.79 Å². The number of aliphatic hydroxyl groups excluding tert-OH is 1. The van der Waals surface area contributed by atoms with Crippen LogP contribution in [-0.4, -0.2) is 23.2 Å². The van der Waals surface area contributed by atoms with E-state index in [-0.39, 0.29) is 11.8 Å². The molecule has 1 aromatic rings. The van der Waals surface area contributed by atoms with E-state index in [1.807, 2.05) is 18.2 Å². The highest BCUT2D eigenvalue weighted by atomic mass is 16.5. The first-order valence-electron chi connectivity index (χ1n) is 7.90. The van der Waals surface area contributed by atoms with E-state index in [2.05, 4.69) is 12.2 Å². The first-order chi connectivity index (χ1) is 10.1. The Bertz CT molecular complexity index is 517. The average Bonchev–Trinajstić information content (AvgIpc) is 2.76. The van der Waals surface area contributed by atoms with Gasteiger partial charge in [0.05, 0.1) is 5.69 Å². The zero-order valence-corrected chi connectivity index (χ0v) is 12.4. The van der Waals surface area contributed by atoms with E-state index >= 15 is 0 Å². The molecule has 4 nitrogen and oxygen atoms in total. The Morgan fingerprint density at radius 1 is 1.19 bits per heavy atom. The molecule has 0 saturated heterocycles. The number of hydrogen-bond donors (Lipinski definition) is 2. The van der Waals surface area contributed by atoms with Gasteiger partial charge >= 0.3 is 0 Å². The summed E-state index contributed by atoms with van der Waals surface area (Å²) in [5.74, 6) is 1.26. The number of amides is 1. The number of benzene rings is 1. The molecule has 4 heteroatoms. The van der Waals surface area contributed by atoms with E-state index in [0.717, 1.165) is 31.6 Å². The summed E-state index contributed by atoms with van der Waals surface area (Å²) < 4.78 is 6.04. The van der Waals surface area contributed by atoms with Crippen LogP contribution in [0.2, 0.25) is 0 Å². The van der Waals surface area contributed by atoms with E-state index in [4.69, 9.17) is 4.74 Å². The van der Waals surface area contributed by atoms with Gasteiger partial charge in [-0.05, 0) is 36.8 Å². The molecule has 0 radical (unpaired) electrons. The van der Waals surface area contributed by atoms with E-state index in [1.54, 1.807) is 6.07 Å². The topological polar surface area (TPSA) is 58.6 Å². The van der Waals surface area contributed by atoms with Crippen LogP contribution < -0.4 is 10.1 Å².